The Morgan fingerprint density at radius 2 is 2.62 bits per heavy atom. The fraction of sp³-hybridized carbons (Fsp3) is 0.667. The van der Waals surface area contributed by atoms with Gasteiger partial charge in [0.1, 0.15) is 12.7 Å². The lowest BCUT2D eigenvalue weighted by molar-refractivity contribution is 0.0597. The number of nitrogens with zero attached hydrogens (tertiary/aromatic N) is 1. The number of terminal acetylenes is 1. The van der Waals surface area contributed by atoms with E-state index in [9.17, 15) is 4.79 Å². The Hall–Kier alpha value is -1.21. The van der Waals surface area contributed by atoms with E-state index in [0.717, 1.165) is 0 Å². The molecular weight excluding hydrogens is 170 g/mol. The number of hydrogen-bond donors (Lipinski definition) is 0. The number of carbonyl (C=O) groups excluding carboxylic acids is 1. The van der Waals surface area contributed by atoms with Crippen LogP contribution in [0, 0.1) is 12.3 Å². The van der Waals surface area contributed by atoms with Crippen LogP contribution in [-0.4, -0.2) is 43.4 Å². The van der Waals surface area contributed by atoms with Crippen molar-refractivity contribution in [2.75, 3.05) is 26.3 Å². The second-order valence-electron chi connectivity index (χ2n) is 2.76. The van der Waals surface area contributed by atoms with Gasteiger partial charge >= 0.3 is 6.09 Å². The maximum atomic E-state index is 11.1. The van der Waals surface area contributed by atoms with Gasteiger partial charge in [-0.25, -0.2) is 4.79 Å². The molecule has 0 saturated carbocycles. The van der Waals surface area contributed by atoms with Gasteiger partial charge in [-0.1, -0.05) is 5.92 Å². The van der Waals surface area contributed by atoms with Crippen LogP contribution < -0.4 is 0 Å². The number of cyclic esters (lactones) is 1. The molecule has 0 spiro atoms. The molecule has 4 heteroatoms. The second kappa shape index (κ2) is 4.73. The molecule has 1 amide bonds. The third-order valence-electron chi connectivity index (χ3n) is 1.82. The molecule has 0 aromatic carbocycles. The number of likely N-dealkylation sites (N-methyl/N-ethyl adjacent to an activating group) is 1. The zero-order chi connectivity index (χ0) is 9.68. The van der Waals surface area contributed by atoms with Gasteiger partial charge in [0, 0.05) is 6.54 Å². The van der Waals surface area contributed by atoms with Crippen LogP contribution in [0.15, 0.2) is 0 Å². The van der Waals surface area contributed by atoms with E-state index < -0.39 is 0 Å². The highest BCUT2D eigenvalue weighted by molar-refractivity contribution is 5.69. The lowest BCUT2D eigenvalue weighted by Crippen LogP contribution is -2.25. The first kappa shape index (κ1) is 9.87. The maximum absolute atomic E-state index is 11.1. The van der Waals surface area contributed by atoms with Gasteiger partial charge in [-0.3, -0.25) is 0 Å². The standard InChI is InChI=1S/C9H13NO3/c1-3-5-12-7-8-6-10(4-2)9(11)13-8/h1,8H,4-7H2,2H3. The SMILES string of the molecule is C#CCOCC1CN(CC)C(=O)O1. The summed E-state index contributed by atoms with van der Waals surface area (Å²) in [5.41, 5.74) is 0. The van der Waals surface area contributed by atoms with E-state index in [-0.39, 0.29) is 18.8 Å². The van der Waals surface area contributed by atoms with E-state index in [2.05, 4.69) is 5.92 Å². The smallest absolute Gasteiger partial charge is 0.410 e. The molecule has 4 nitrogen and oxygen atoms in total. The molecule has 0 bridgehead atoms. The number of carbonyl (C=O) groups is 1. The van der Waals surface area contributed by atoms with Crippen LogP contribution in [0.4, 0.5) is 4.79 Å². The first-order valence-electron chi connectivity index (χ1n) is 4.24. The molecule has 1 heterocycles. The highest BCUT2D eigenvalue weighted by atomic mass is 16.6. The number of ether oxygens (including phenoxy) is 2. The molecule has 0 N–H and O–H groups in total. The quantitative estimate of drug-likeness (QED) is 0.470. The van der Waals surface area contributed by atoms with Crippen molar-refractivity contribution in [2.24, 2.45) is 0 Å². The van der Waals surface area contributed by atoms with Crippen LogP contribution in [0.3, 0.4) is 0 Å². The van der Waals surface area contributed by atoms with Gasteiger partial charge < -0.3 is 14.4 Å². The molecule has 1 aliphatic heterocycles. The Balaban J connectivity index is 2.24. The lowest BCUT2D eigenvalue weighted by Gasteiger charge is -2.08. The third-order valence-corrected chi connectivity index (χ3v) is 1.82. The van der Waals surface area contributed by atoms with Crippen LogP contribution in [0.5, 0.6) is 0 Å². The summed E-state index contributed by atoms with van der Waals surface area (Å²) in [7, 11) is 0. The van der Waals surface area contributed by atoms with E-state index in [1.54, 1.807) is 4.90 Å². The van der Waals surface area contributed by atoms with Crippen molar-refractivity contribution in [3.8, 4) is 12.3 Å². The zero-order valence-electron chi connectivity index (χ0n) is 7.66. The van der Waals surface area contributed by atoms with Gasteiger partial charge in [0.05, 0.1) is 13.2 Å². The molecule has 1 atom stereocenters. The third kappa shape index (κ3) is 2.63. The van der Waals surface area contributed by atoms with Crippen molar-refractivity contribution < 1.29 is 14.3 Å². The predicted octanol–water partition coefficient (Wildman–Crippen LogP) is 0.477. The van der Waals surface area contributed by atoms with E-state index >= 15 is 0 Å². The van der Waals surface area contributed by atoms with Crippen molar-refractivity contribution in [2.45, 2.75) is 13.0 Å². The van der Waals surface area contributed by atoms with Gasteiger partial charge in [-0.15, -0.1) is 6.42 Å². The van der Waals surface area contributed by atoms with Crippen LogP contribution in [0.25, 0.3) is 0 Å². The van der Waals surface area contributed by atoms with Crippen molar-refractivity contribution in [3.63, 3.8) is 0 Å². The van der Waals surface area contributed by atoms with Crippen LogP contribution >= 0.6 is 0 Å². The average molecular weight is 183 g/mol. The molecule has 13 heavy (non-hydrogen) atoms. The molecule has 0 aliphatic carbocycles. The summed E-state index contributed by atoms with van der Waals surface area (Å²) < 4.78 is 10.1. The normalized spacial score (nSPS) is 21.4. The van der Waals surface area contributed by atoms with E-state index in [1.807, 2.05) is 6.92 Å². The van der Waals surface area contributed by atoms with Gasteiger partial charge in [0.25, 0.3) is 0 Å². The van der Waals surface area contributed by atoms with Crippen LogP contribution in [0.1, 0.15) is 6.92 Å². The number of hydrogen-bond acceptors (Lipinski definition) is 3. The van der Waals surface area contributed by atoms with Crippen LogP contribution in [0.2, 0.25) is 0 Å². The number of amides is 1. The van der Waals surface area contributed by atoms with Crippen molar-refractivity contribution in [3.05, 3.63) is 0 Å². The lowest BCUT2D eigenvalue weighted by atomic mass is 10.4. The van der Waals surface area contributed by atoms with Gasteiger partial charge in [0.2, 0.25) is 0 Å². The van der Waals surface area contributed by atoms with Crippen LogP contribution in [-0.2, 0) is 9.47 Å². The molecule has 72 valence electrons. The average Bonchev–Trinajstić information content (AvgIpc) is 2.47. The van der Waals surface area contributed by atoms with E-state index in [4.69, 9.17) is 15.9 Å². The molecular formula is C9H13NO3. The summed E-state index contributed by atoms with van der Waals surface area (Å²) >= 11 is 0. The predicted molar refractivity (Wildman–Crippen MR) is 47.2 cm³/mol. The van der Waals surface area contributed by atoms with E-state index in [0.29, 0.717) is 19.7 Å². The molecule has 1 aliphatic rings. The molecule has 1 rings (SSSR count). The van der Waals surface area contributed by atoms with Gasteiger partial charge in [0.15, 0.2) is 0 Å². The fourth-order valence-electron chi connectivity index (χ4n) is 1.17. The molecule has 0 aromatic rings. The van der Waals surface area contributed by atoms with Crippen molar-refractivity contribution in [1.29, 1.82) is 0 Å². The second-order valence-corrected chi connectivity index (χ2v) is 2.76. The zero-order valence-corrected chi connectivity index (χ0v) is 7.66. The van der Waals surface area contributed by atoms with Crippen molar-refractivity contribution in [1.82, 2.24) is 4.90 Å². The van der Waals surface area contributed by atoms with Gasteiger partial charge in [-0.05, 0) is 6.92 Å². The Morgan fingerprint density at radius 3 is 3.15 bits per heavy atom. The molecule has 1 saturated heterocycles. The Kier molecular flexibility index (Phi) is 3.59. The Bertz CT molecular complexity index is 221. The van der Waals surface area contributed by atoms with Gasteiger partial charge in [-0.2, -0.15) is 0 Å². The minimum atomic E-state index is -0.267. The fourth-order valence-corrected chi connectivity index (χ4v) is 1.17. The summed E-state index contributed by atoms with van der Waals surface area (Å²) in [5.74, 6) is 2.35. The minimum absolute atomic E-state index is 0.166. The molecule has 0 radical (unpaired) electrons. The van der Waals surface area contributed by atoms with Crippen molar-refractivity contribution >= 4 is 6.09 Å². The summed E-state index contributed by atoms with van der Waals surface area (Å²) in [6, 6.07) is 0. The summed E-state index contributed by atoms with van der Waals surface area (Å²) in [6.45, 7) is 3.82. The largest absolute Gasteiger partial charge is 0.442 e. The summed E-state index contributed by atoms with van der Waals surface area (Å²) in [4.78, 5) is 12.7. The Morgan fingerprint density at radius 1 is 1.85 bits per heavy atom. The summed E-state index contributed by atoms with van der Waals surface area (Å²) in [5, 5.41) is 0. The number of rotatable bonds is 4. The monoisotopic (exact) mass is 183 g/mol. The Labute approximate surface area is 77.8 Å². The first-order valence-corrected chi connectivity index (χ1v) is 4.24. The first-order chi connectivity index (χ1) is 6.27. The molecule has 0 aromatic heterocycles. The summed E-state index contributed by atoms with van der Waals surface area (Å²) in [6.07, 6.45) is 4.57. The molecule has 1 unspecified atom stereocenters. The highest BCUT2D eigenvalue weighted by Crippen LogP contribution is 2.10. The minimum Gasteiger partial charge on any atom is -0.442 e. The topological polar surface area (TPSA) is 38.8 Å². The maximum Gasteiger partial charge on any atom is 0.410 e. The highest BCUT2D eigenvalue weighted by Gasteiger charge is 2.29. The van der Waals surface area contributed by atoms with E-state index in [1.165, 1.54) is 0 Å². The molecule has 1 fully saturated rings.